The summed E-state index contributed by atoms with van der Waals surface area (Å²) in [4.78, 5) is 0. The van der Waals surface area contributed by atoms with E-state index >= 15 is 0 Å². The second-order valence-corrected chi connectivity index (χ2v) is 4.67. The van der Waals surface area contributed by atoms with Crippen LogP contribution < -0.4 is 5.32 Å². The summed E-state index contributed by atoms with van der Waals surface area (Å²) in [5, 5.41) is 3.55. The maximum absolute atomic E-state index is 5.26. The minimum atomic E-state index is 0.452. The van der Waals surface area contributed by atoms with Gasteiger partial charge in [0.25, 0.3) is 0 Å². The Morgan fingerprint density at radius 1 is 1.18 bits per heavy atom. The molecule has 3 heteroatoms. The van der Waals surface area contributed by atoms with Crippen LogP contribution >= 0.6 is 0 Å². The molecule has 0 spiro atoms. The van der Waals surface area contributed by atoms with Crippen LogP contribution in [-0.2, 0) is 16.1 Å². The Morgan fingerprint density at radius 3 is 2.41 bits per heavy atom. The van der Waals surface area contributed by atoms with Gasteiger partial charge in [0.05, 0.1) is 19.3 Å². The summed E-state index contributed by atoms with van der Waals surface area (Å²) >= 11 is 0. The first kappa shape index (κ1) is 12.4. The van der Waals surface area contributed by atoms with E-state index in [0.717, 1.165) is 12.5 Å². The second kappa shape index (κ2) is 6.03. The molecule has 94 valence electrons. The lowest BCUT2D eigenvalue weighted by atomic mass is 10.1. The van der Waals surface area contributed by atoms with E-state index in [4.69, 9.17) is 9.47 Å². The average Bonchev–Trinajstić information content (AvgIpc) is 3.15. The molecule has 1 fully saturated rings. The summed E-state index contributed by atoms with van der Waals surface area (Å²) in [5.41, 5.74) is 2.37. The van der Waals surface area contributed by atoms with Gasteiger partial charge in [-0.2, -0.15) is 0 Å². The van der Waals surface area contributed by atoms with Gasteiger partial charge >= 0.3 is 0 Å². The molecule has 1 unspecified atom stereocenters. The maximum atomic E-state index is 5.26. The zero-order valence-electron chi connectivity index (χ0n) is 10.6. The van der Waals surface area contributed by atoms with Crippen molar-refractivity contribution < 1.29 is 9.47 Å². The van der Waals surface area contributed by atoms with Crippen molar-refractivity contribution in [2.24, 2.45) is 5.92 Å². The molecular weight excluding hydrogens is 214 g/mol. The molecule has 1 aliphatic carbocycles. The van der Waals surface area contributed by atoms with Gasteiger partial charge in [0, 0.05) is 19.9 Å². The molecular formula is C14H21NO2. The summed E-state index contributed by atoms with van der Waals surface area (Å²) in [6, 6.07) is 8.87. The molecule has 1 aliphatic rings. The fourth-order valence-corrected chi connectivity index (χ4v) is 2.05. The predicted molar refractivity (Wildman–Crippen MR) is 69.2 cm³/mol. The van der Waals surface area contributed by atoms with E-state index in [1.165, 1.54) is 24.1 Å². The number of hydrogen-bond donors (Lipinski definition) is 1. The first-order chi connectivity index (χ1) is 8.33. The molecule has 17 heavy (non-hydrogen) atoms. The molecule has 0 aliphatic heterocycles. The van der Waals surface area contributed by atoms with Crippen molar-refractivity contribution in [3.8, 4) is 0 Å². The third kappa shape index (κ3) is 3.72. The minimum absolute atomic E-state index is 0.452. The summed E-state index contributed by atoms with van der Waals surface area (Å²) < 4.78 is 10.4. The number of rotatable bonds is 7. The monoisotopic (exact) mass is 235 g/mol. The minimum Gasteiger partial charge on any atom is -0.383 e. The number of anilines is 1. The summed E-state index contributed by atoms with van der Waals surface area (Å²) in [6.07, 6.45) is 2.64. The van der Waals surface area contributed by atoms with Crippen LogP contribution in [0.3, 0.4) is 0 Å². The van der Waals surface area contributed by atoms with Crippen LogP contribution in [0.4, 0.5) is 5.69 Å². The van der Waals surface area contributed by atoms with Crippen molar-refractivity contribution in [3.05, 3.63) is 29.8 Å². The molecule has 0 aromatic heterocycles. The van der Waals surface area contributed by atoms with Crippen LogP contribution in [-0.4, -0.2) is 26.9 Å². The molecule has 1 saturated carbocycles. The van der Waals surface area contributed by atoms with Gasteiger partial charge in [-0.25, -0.2) is 0 Å². The number of nitrogens with one attached hydrogen (secondary N) is 1. The van der Waals surface area contributed by atoms with Crippen molar-refractivity contribution in [1.29, 1.82) is 0 Å². The summed E-state index contributed by atoms with van der Waals surface area (Å²) in [6.45, 7) is 1.45. The van der Waals surface area contributed by atoms with Gasteiger partial charge in [-0.3, -0.25) is 0 Å². The van der Waals surface area contributed by atoms with Gasteiger partial charge in [-0.1, -0.05) is 12.1 Å². The highest BCUT2D eigenvalue weighted by molar-refractivity contribution is 5.45. The zero-order valence-corrected chi connectivity index (χ0v) is 10.6. The Labute approximate surface area is 103 Å². The Bertz CT molecular complexity index is 333. The molecule has 0 radical (unpaired) electrons. The number of methoxy groups -OCH3 is 2. The average molecular weight is 235 g/mol. The molecule has 1 aromatic rings. The highest BCUT2D eigenvalue weighted by atomic mass is 16.5. The topological polar surface area (TPSA) is 30.5 Å². The van der Waals surface area contributed by atoms with E-state index in [9.17, 15) is 0 Å². The largest absolute Gasteiger partial charge is 0.383 e. The molecule has 0 heterocycles. The van der Waals surface area contributed by atoms with Crippen molar-refractivity contribution >= 4 is 5.69 Å². The Hall–Kier alpha value is -1.06. The van der Waals surface area contributed by atoms with Crippen LogP contribution in [0.15, 0.2) is 24.3 Å². The van der Waals surface area contributed by atoms with Crippen LogP contribution in [0.2, 0.25) is 0 Å². The van der Waals surface area contributed by atoms with E-state index in [1.807, 2.05) is 0 Å². The third-order valence-corrected chi connectivity index (χ3v) is 3.15. The Kier molecular flexibility index (Phi) is 4.40. The molecule has 1 N–H and O–H groups in total. The van der Waals surface area contributed by atoms with Gasteiger partial charge in [0.1, 0.15) is 0 Å². The van der Waals surface area contributed by atoms with E-state index < -0.39 is 0 Å². The predicted octanol–water partition coefficient (Wildman–Crippen LogP) is 2.67. The number of ether oxygens (including phenoxy) is 2. The Morgan fingerprint density at radius 2 is 1.88 bits per heavy atom. The van der Waals surface area contributed by atoms with Gasteiger partial charge < -0.3 is 14.8 Å². The number of benzene rings is 1. The summed E-state index contributed by atoms with van der Waals surface area (Å²) in [7, 11) is 3.48. The van der Waals surface area contributed by atoms with Gasteiger partial charge in [0.15, 0.2) is 0 Å². The molecule has 2 rings (SSSR count). The molecule has 0 amide bonds. The van der Waals surface area contributed by atoms with Crippen molar-refractivity contribution in [1.82, 2.24) is 0 Å². The fraction of sp³-hybridized carbons (Fsp3) is 0.571. The van der Waals surface area contributed by atoms with Crippen LogP contribution in [0.5, 0.6) is 0 Å². The van der Waals surface area contributed by atoms with Crippen molar-refractivity contribution in [3.63, 3.8) is 0 Å². The van der Waals surface area contributed by atoms with Crippen molar-refractivity contribution in [2.75, 3.05) is 26.1 Å². The van der Waals surface area contributed by atoms with Gasteiger partial charge in [-0.05, 0) is 36.5 Å². The van der Waals surface area contributed by atoms with Crippen molar-refractivity contribution in [2.45, 2.75) is 25.5 Å². The molecule has 1 aromatic carbocycles. The lowest BCUT2D eigenvalue weighted by Gasteiger charge is -2.18. The van der Waals surface area contributed by atoms with Crippen LogP contribution in [0.1, 0.15) is 18.4 Å². The molecule has 1 atom stereocenters. The number of hydrogen-bond acceptors (Lipinski definition) is 3. The van der Waals surface area contributed by atoms with Crippen LogP contribution in [0, 0.1) is 5.92 Å². The second-order valence-electron chi connectivity index (χ2n) is 4.67. The molecule has 3 nitrogen and oxygen atoms in total. The van der Waals surface area contributed by atoms with Gasteiger partial charge in [0.2, 0.25) is 0 Å². The quantitative estimate of drug-likeness (QED) is 0.788. The fourth-order valence-electron chi connectivity index (χ4n) is 2.05. The highest BCUT2D eigenvalue weighted by Gasteiger charge is 2.30. The zero-order chi connectivity index (χ0) is 12.1. The van der Waals surface area contributed by atoms with E-state index in [0.29, 0.717) is 12.6 Å². The highest BCUT2D eigenvalue weighted by Crippen LogP contribution is 2.34. The van der Waals surface area contributed by atoms with Crippen LogP contribution in [0.25, 0.3) is 0 Å². The normalized spacial score (nSPS) is 16.8. The maximum Gasteiger partial charge on any atom is 0.0713 e. The first-order valence-corrected chi connectivity index (χ1v) is 6.17. The lowest BCUT2D eigenvalue weighted by Crippen LogP contribution is -2.27. The van der Waals surface area contributed by atoms with E-state index in [-0.39, 0.29) is 0 Å². The lowest BCUT2D eigenvalue weighted by molar-refractivity contribution is 0.179. The molecule has 0 bridgehead atoms. The van der Waals surface area contributed by atoms with E-state index in [2.05, 4.69) is 29.6 Å². The Balaban J connectivity index is 1.92. The first-order valence-electron chi connectivity index (χ1n) is 6.17. The SMILES string of the molecule is COCc1ccc(NC(COC)C2CC2)cc1. The standard InChI is InChI=1S/C14H21NO2/c1-16-9-11-3-7-13(8-4-11)15-14(10-17-2)12-5-6-12/h3-4,7-8,12,14-15H,5-6,9-10H2,1-2H3. The summed E-state index contributed by atoms with van der Waals surface area (Å²) in [5.74, 6) is 0.786. The van der Waals surface area contributed by atoms with E-state index in [1.54, 1.807) is 14.2 Å². The smallest absolute Gasteiger partial charge is 0.0713 e. The molecule has 0 saturated heterocycles. The third-order valence-electron chi connectivity index (χ3n) is 3.15. The van der Waals surface area contributed by atoms with Gasteiger partial charge in [-0.15, -0.1) is 0 Å².